The minimum absolute atomic E-state index is 0.159. The van der Waals surface area contributed by atoms with Gasteiger partial charge in [-0.2, -0.15) is 4.98 Å². The number of nitrogens with zero attached hydrogens (tertiary/aromatic N) is 2. The largest absolute Gasteiger partial charge is 0.462 e. The quantitative estimate of drug-likeness (QED) is 0.750. The van der Waals surface area contributed by atoms with E-state index in [2.05, 4.69) is 20.8 Å². The van der Waals surface area contributed by atoms with Gasteiger partial charge in [-0.15, -0.1) is 0 Å². The minimum atomic E-state index is -0.392. The first kappa shape index (κ1) is 18.9. The van der Waals surface area contributed by atoms with Gasteiger partial charge in [-0.25, -0.2) is 9.59 Å². The van der Waals surface area contributed by atoms with E-state index in [9.17, 15) is 9.59 Å². The van der Waals surface area contributed by atoms with Crippen molar-refractivity contribution < 1.29 is 18.8 Å². The Kier molecular flexibility index (Phi) is 6.40. The molecular weight excluding hydrogens is 348 g/mol. The molecule has 3 rings (SSSR count). The van der Waals surface area contributed by atoms with Crippen molar-refractivity contribution in [3.8, 4) is 0 Å². The number of carbonyl (C=O) groups is 2. The normalized spacial score (nSPS) is 14.6. The summed E-state index contributed by atoms with van der Waals surface area (Å²) < 4.78 is 10.1. The smallest absolute Gasteiger partial charge is 0.338 e. The fourth-order valence-electron chi connectivity index (χ4n) is 3.10. The maximum atomic E-state index is 12.0. The molecule has 1 aliphatic carbocycles. The molecule has 144 valence electrons. The number of hydrogen-bond acceptors (Lipinski definition) is 6. The third-order valence-electron chi connectivity index (χ3n) is 4.51. The maximum absolute atomic E-state index is 12.0. The molecular formula is C19H24N4O4. The van der Waals surface area contributed by atoms with E-state index in [1.807, 2.05) is 0 Å². The molecule has 8 heteroatoms. The Balaban J connectivity index is 1.47. The van der Waals surface area contributed by atoms with Crippen LogP contribution in [-0.2, 0) is 11.3 Å². The zero-order chi connectivity index (χ0) is 19.1. The number of aromatic nitrogens is 2. The van der Waals surface area contributed by atoms with Crippen molar-refractivity contribution in [1.29, 1.82) is 0 Å². The van der Waals surface area contributed by atoms with Gasteiger partial charge in [0.1, 0.15) is 0 Å². The standard InChI is InChI=1S/C19H24N4O4/c1-2-26-18(24)14-8-10-15(11-9-14)21-19(25)20-12-16-22-17(23-27-16)13-6-4-3-5-7-13/h8-11,13H,2-7,12H2,1H3,(H2,20,21,25). The summed E-state index contributed by atoms with van der Waals surface area (Å²) in [6.45, 7) is 2.23. The Labute approximate surface area is 157 Å². The number of esters is 1. The van der Waals surface area contributed by atoms with Crippen molar-refractivity contribution in [2.75, 3.05) is 11.9 Å². The fraction of sp³-hybridized carbons (Fsp3) is 0.474. The van der Waals surface area contributed by atoms with Crippen LogP contribution in [0.3, 0.4) is 0 Å². The van der Waals surface area contributed by atoms with Crippen molar-refractivity contribution >= 4 is 17.7 Å². The van der Waals surface area contributed by atoms with Gasteiger partial charge in [-0.1, -0.05) is 24.4 Å². The highest BCUT2D eigenvalue weighted by molar-refractivity contribution is 5.92. The monoisotopic (exact) mass is 372 g/mol. The lowest BCUT2D eigenvalue weighted by Crippen LogP contribution is -2.28. The SMILES string of the molecule is CCOC(=O)c1ccc(NC(=O)NCc2nc(C3CCCCC3)no2)cc1. The van der Waals surface area contributed by atoms with Crippen LogP contribution in [0.2, 0.25) is 0 Å². The number of amides is 2. The molecule has 1 aromatic heterocycles. The molecule has 8 nitrogen and oxygen atoms in total. The van der Waals surface area contributed by atoms with E-state index < -0.39 is 12.0 Å². The molecule has 1 saturated carbocycles. The maximum Gasteiger partial charge on any atom is 0.338 e. The zero-order valence-corrected chi connectivity index (χ0v) is 15.4. The zero-order valence-electron chi connectivity index (χ0n) is 15.4. The van der Waals surface area contributed by atoms with Crippen LogP contribution in [-0.4, -0.2) is 28.7 Å². The Morgan fingerprint density at radius 3 is 2.63 bits per heavy atom. The molecule has 0 aliphatic heterocycles. The predicted octanol–water partition coefficient (Wildman–Crippen LogP) is 3.62. The first-order valence-corrected chi connectivity index (χ1v) is 9.30. The second-order valence-corrected chi connectivity index (χ2v) is 6.49. The average molecular weight is 372 g/mol. The van der Waals surface area contributed by atoms with Crippen LogP contribution in [0.5, 0.6) is 0 Å². The summed E-state index contributed by atoms with van der Waals surface area (Å²) in [5, 5.41) is 9.41. The van der Waals surface area contributed by atoms with Crippen molar-refractivity contribution in [3.63, 3.8) is 0 Å². The Morgan fingerprint density at radius 2 is 1.93 bits per heavy atom. The number of hydrogen-bond donors (Lipinski definition) is 2. The molecule has 0 spiro atoms. The van der Waals surface area contributed by atoms with Gasteiger partial charge in [0.25, 0.3) is 0 Å². The van der Waals surface area contributed by atoms with E-state index in [1.165, 1.54) is 19.3 Å². The van der Waals surface area contributed by atoms with Crippen LogP contribution in [0.4, 0.5) is 10.5 Å². The van der Waals surface area contributed by atoms with Crippen LogP contribution in [0.25, 0.3) is 0 Å². The summed E-state index contributed by atoms with van der Waals surface area (Å²) in [6, 6.07) is 6.08. The summed E-state index contributed by atoms with van der Waals surface area (Å²) in [5.74, 6) is 1.10. The van der Waals surface area contributed by atoms with Gasteiger partial charge in [0.15, 0.2) is 5.82 Å². The van der Waals surface area contributed by atoms with Gasteiger partial charge in [-0.05, 0) is 44.0 Å². The third kappa shape index (κ3) is 5.29. The predicted molar refractivity (Wildman–Crippen MR) is 98.4 cm³/mol. The molecule has 2 N–H and O–H groups in total. The topological polar surface area (TPSA) is 106 Å². The molecule has 2 aromatic rings. The second kappa shape index (κ2) is 9.16. The van der Waals surface area contributed by atoms with E-state index >= 15 is 0 Å². The Morgan fingerprint density at radius 1 is 1.19 bits per heavy atom. The lowest BCUT2D eigenvalue weighted by Gasteiger charge is -2.17. The number of urea groups is 1. The highest BCUT2D eigenvalue weighted by atomic mass is 16.5. The molecule has 1 fully saturated rings. The van der Waals surface area contributed by atoms with Gasteiger partial charge in [0.05, 0.1) is 18.7 Å². The van der Waals surface area contributed by atoms with Crippen molar-refractivity contribution in [1.82, 2.24) is 15.5 Å². The van der Waals surface area contributed by atoms with Crippen LogP contribution >= 0.6 is 0 Å². The highest BCUT2D eigenvalue weighted by Gasteiger charge is 2.21. The molecule has 1 heterocycles. The molecule has 0 saturated heterocycles. The summed E-state index contributed by atoms with van der Waals surface area (Å²) >= 11 is 0. The summed E-state index contributed by atoms with van der Waals surface area (Å²) in [7, 11) is 0. The molecule has 2 amide bonds. The number of benzene rings is 1. The highest BCUT2D eigenvalue weighted by Crippen LogP contribution is 2.30. The number of carbonyl (C=O) groups excluding carboxylic acids is 2. The first-order valence-electron chi connectivity index (χ1n) is 9.30. The van der Waals surface area contributed by atoms with Crippen molar-refractivity contribution in [3.05, 3.63) is 41.5 Å². The Bertz CT molecular complexity index is 766. The summed E-state index contributed by atoms with van der Waals surface area (Å²) in [5.41, 5.74) is 0.998. The molecule has 1 aliphatic rings. The lowest BCUT2D eigenvalue weighted by molar-refractivity contribution is 0.0526. The van der Waals surface area contributed by atoms with Crippen molar-refractivity contribution in [2.45, 2.75) is 51.5 Å². The van der Waals surface area contributed by atoms with Crippen molar-refractivity contribution in [2.24, 2.45) is 0 Å². The van der Waals surface area contributed by atoms with Gasteiger partial charge >= 0.3 is 12.0 Å². The van der Waals surface area contributed by atoms with Gasteiger partial charge in [-0.3, -0.25) is 0 Å². The number of anilines is 1. The summed E-state index contributed by atoms with van der Waals surface area (Å²) in [6.07, 6.45) is 5.85. The van der Waals surface area contributed by atoms with Crippen LogP contribution in [0.15, 0.2) is 28.8 Å². The molecule has 1 aromatic carbocycles. The molecule has 0 bridgehead atoms. The van der Waals surface area contributed by atoms with Gasteiger partial charge in [0.2, 0.25) is 5.89 Å². The van der Waals surface area contributed by atoms with E-state index in [-0.39, 0.29) is 6.54 Å². The Hall–Kier alpha value is -2.90. The van der Waals surface area contributed by atoms with Crippen LogP contribution in [0.1, 0.15) is 67.0 Å². The first-order chi connectivity index (χ1) is 13.2. The third-order valence-corrected chi connectivity index (χ3v) is 4.51. The molecule has 0 unspecified atom stereocenters. The van der Waals surface area contributed by atoms with E-state index in [0.29, 0.717) is 29.7 Å². The van der Waals surface area contributed by atoms with Gasteiger partial charge < -0.3 is 19.9 Å². The van der Waals surface area contributed by atoms with Crippen LogP contribution < -0.4 is 10.6 Å². The van der Waals surface area contributed by atoms with E-state index in [1.54, 1.807) is 31.2 Å². The van der Waals surface area contributed by atoms with Crippen LogP contribution in [0, 0.1) is 0 Å². The molecule has 0 atom stereocenters. The number of rotatable bonds is 6. The number of nitrogens with one attached hydrogen (secondary N) is 2. The second-order valence-electron chi connectivity index (χ2n) is 6.49. The van der Waals surface area contributed by atoms with E-state index in [0.717, 1.165) is 18.7 Å². The van der Waals surface area contributed by atoms with Gasteiger partial charge in [0, 0.05) is 11.6 Å². The minimum Gasteiger partial charge on any atom is -0.462 e. The average Bonchev–Trinajstić information content (AvgIpc) is 3.17. The lowest BCUT2D eigenvalue weighted by atomic mass is 9.89. The fourth-order valence-corrected chi connectivity index (χ4v) is 3.10. The molecule has 27 heavy (non-hydrogen) atoms. The summed E-state index contributed by atoms with van der Waals surface area (Å²) in [4.78, 5) is 28.0. The number of ether oxygens (including phenoxy) is 1. The molecule has 0 radical (unpaired) electrons. The van der Waals surface area contributed by atoms with E-state index in [4.69, 9.17) is 9.26 Å².